The van der Waals surface area contributed by atoms with Crippen LogP contribution in [0.5, 0.6) is 0 Å². The van der Waals surface area contributed by atoms with Crippen molar-refractivity contribution in [2.45, 2.75) is 57.4 Å². The standard InChI is InChI=1S/C14H23F2N3O2S/c1-11(2)6-14(4-3-5-14)10-18-22(20,21)12-7-17-19(8-12)9-13(15)16/h7-8,11,13,18H,3-6,9-10H2,1-2H3. The first kappa shape index (κ1) is 17.3. The van der Waals surface area contributed by atoms with Gasteiger partial charge in [0.1, 0.15) is 11.4 Å². The Kier molecular flexibility index (Phi) is 5.21. The van der Waals surface area contributed by atoms with Crippen molar-refractivity contribution in [3.63, 3.8) is 0 Å². The van der Waals surface area contributed by atoms with Crippen LogP contribution in [0, 0.1) is 11.3 Å². The van der Waals surface area contributed by atoms with Gasteiger partial charge in [0.2, 0.25) is 10.0 Å². The number of nitrogens with zero attached hydrogens (tertiary/aromatic N) is 2. The molecular formula is C14H23F2N3O2S. The fourth-order valence-corrected chi connectivity index (χ4v) is 4.16. The molecule has 2 rings (SSSR count). The van der Waals surface area contributed by atoms with Gasteiger partial charge in [0, 0.05) is 12.7 Å². The molecule has 1 aliphatic carbocycles. The lowest BCUT2D eigenvalue weighted by molar-refractivity contribution is 0.106. The van der Waals surface area contributed by atoms with Gasteiger partial charge in [0.05, 0.1) is 6.20 Å². The van der Waals surface area contributed by atoms with E-state index in [0.717, 1.165) is 42.8 Å². The molecule has 5 nitrogen and oxygen atoms in total. The summed E-state index contributed by atoms with van der Waals surface area (Å²) in [6.07, 6.45) is 3.86. The molecule has 1 aromatic heterocycles. The Morgan fingerprint density at radius 2 is 2.09 bits per heavy atom. The average molecular weight is 335 g/mol. The highest BCUT2D eigenvalue weighted by Gasteiger charge is 2.38. The minimum absolute atomic E-state index is 0.0419. The first-order valence-corrected chi connectivity index (χ1v) is 9.01. The second-order valence-corrected chi connectivity index (χ2v) is 8.33. The quantitative estimate of drug-likeness (QED) is 0.794. The molecule has 0 radical (unpaired) electrons. The van der Waals surface area contributed by atoms with E-state index in [4.69, 9.17) is 0 Å². The molecule has 1 heterocycles. The highest BCUT2D eigenvalue weighted by atomic mass is 32.2. The summed E-state index contributed by atoms with van der Waals surface area (Å²) >= 11 is 0. The summed E-state index contributed by atoms with van der Waals surface area (Å²) in [5, 5.41) is 3.67. The maximum Gasteiger partial charge on any atom is 0.257 e. The number of hydrogen-bond acceptors (Lipinski definition) is 3. The molecule has 0 spiro atoms. The van der Waals surface area contributed by atoms with Gasteiger partial charge in [-0.2, -0.15) is 5.10 Å². The monoisotopic (exact) mass is 335 g/mol. The molecule has 0 aliphatic heterocycles. The van der Waals surface area contributed by atoms with E-state index < -0.39 is 23.0 Å². The van der Waals surface area contributed by atoms with Gasteiger partial charge >= 0.3 is 0 Å². The molecular weight excluding hydrogens is 312 g/mol. The zero-order valence-electron chi connectivity index (χ0n) is 12.9. The Hall–Kier alpha value is -1.02. The summed E-state index contributed by atoms with van der Waals surface area (Å²) in [6.45, 7) is 4.05. The van der Waals surface area contributed by atoms with Crippen LogP contribution in [0.4, 0.5) is 8.78 Å². The molecule has 0 atom stereocenters. The first-order chi connectivity index (χ1) is 10.2. The smallest absolute Gasteiger partial charge is 0.257 e. The lowest BCUT2D eigenvalue weighted by Gasteiger charge is -2.43. The lowest BCUT2D eigenvalue weighted by Crippen LogP contribution is -2.42. The van der Waals surface area contributed by atoms with E-state index in [0.29, 0.717) is 12.5 Å². The van der Waals surface area contributed by atoms with Crippen molar-refractivity contribution in [1.29, 1.82) is 0 Å². The number of aromatic nitrogens is 2. The Morgan fingerprint density at radius 3 is 2.59 bits per heavy atom. The second kappa shape index (κ2) is 6.62. The fourth-order valence-electron chi connectivity index (χ4n) is 3.05. The van der Waals surface area contributed by atoms with Crippen molar-refractivity contribution < 1.29 is 17.2 Å². The summed E-state index contributed by atoms with van der Waals surface area (Å²) in [6, 6.07) is 0. The summed E-state index contributed by atoms with van der Waals surface area (Å²) in [5.41, 5.74) is 0.0419. The van der Waals surface area contributed by atoms with Crippen molar-refractivity contribution in [3.05, 3.63) is 12.4 Å². The molecule has 0 unspecified atom stereocenters. The molecule has 0 amide bonds. The highest BCUT2D eigenvalue weighted by Crippen LogP contribution is 2.45. The van der Waals surface area contributed by atoms with Crippen molar-refractivity contribution in [3.8, 4) is 0 Å². The number of hydrogen-bond donors (Lipinski definition) is 1. The molecule has 0 bridgehead atoms. The Labute approximate surface area is 130 Å². The lowest BCUT2D eigenvalue weighted by atomic mass is 9.65. The van der Waals surface area contributed by atoms with Gasteiger partial charge in [-0.1, -0.05) is 20.3 Å². The van der Waals surface area contributed by atoms with E-state index in [1.807, 2.05) is 0 Å². The van der Waals surface area contributed by atoms with Crippen molar-refractivity contribution >= 4 is 10.0 Å². The highest BCUT2D eigenvalue weighted by molar-refractivity contribution is 7.89. The van der Waals surface area contributed by atoms with Crippen LogP contribution in [0.3, 0.4) is 0 Å². The Morgan fingerprint density at radius 1 is 1.41 bits per heavy atom. The van der Waals surface area contributed by atoms with E-state index in [2.05, 4.69) is 23.7 Å². The van der Waals surface area contributed by atoms with Gasteiger partial charge in [-0.15, -0.1) is 0 Å². The van der Waals surface area contributed by atoms with Crippen LogP contribution in [0.25, 0.3) is 0 Å². The van der Waals surface area contributed by atoms with Crippen molar-refractivity contribution in [2.75, 3.05) is 6.54 Å². The normalized spacial score (nSPS) is 17.9. The van der Waals surface area contributed by atoms with Crippen LogP contribution < -0.4 is 4.72 Å². The maximum absolute atomic E-state index is 12.3. The molecule has 8 heteroatoms. The molecule has 1 aromatic rings. The molecule has 1 fully saturated rings. The Bertz CT molecular complexity index is 595. The molecule has 0 saturated heterocycles. The fraction of sp³-hybridized carbons (Fsp3) is 0.786. The SMILES string of the molecule is CC(C)CC1(CNS(=O)(=O)c2cnn(CC(F)F)c2)CCC1. The van der Waals surface area contributed by atoms with E-state index in [1.165, 1.54) is 0 Å². The van der Waals surface area contributed by atoms with Crippen LogP contribution in [0.15, 0.2) is 17.3 Å². The third-order valence-electron chi connectivity index (χ3n) is 4.14. The zero-order valence-corrected chi connectivity index (χ0v) is 13.7. The molecule has 1 aliphatic rings. The third kappa shape index (κ3) is 4.25. The molecule has 22 heavy (non-hydrogen) atoms. The van der Waals surface area contributed by atoms with Crippen LogP contribution >= 0.6 is 0 Å². The van der Waals surface area contributed by atoms with Gasteiger partial charge in [-0.3, -0.25) is 4.68 Å². The van der Waals surface area contributed by atoms with Gasteiger partial charge < -0.3 is 0 Å². The first-order valence-electron chi connectivity index (χ1n) is 7.53. The van der Waals surface area contributed by atoms with E-state index >= 15 is 0 Å². The minimum atomic E-state index is -3.70. The predicted octanol–water partition coefficient (Wildman–Crippen LogP) is 2.64. The van der Waals surface area contributed by atoms with Gasteiger partial charge in [0.25, 0.3) is 6.43 Å². The second-order valence-electron chi connectivity index (χ2n) is 6.57. The summed E-state index contributed by atoms with van der Waals surface area (Å²) < 4.78 is 52.6. The number of halogens is 2. The number of rotatable bonds is 8. The van der Waals surface area contributed by atoms with Crippen molar-refractivity contribution in [1.82, 2.24) is 14.5 Å². The molecule has 1 N–H and O–H groups in total. The number of sulfonamides is 1. The third-order valence-corrected chi connectivity index (χ3v) is 5.49. The predicted molar refractivity (Wildman–Crippen MR) is 79.2 cm³/mol. The van der Waals surface area contributed by atoms with Crippen molar-refractivity contribution in [2.24, 2.45) is 11.3 Å². The van der Waals surface area contributed by atoms with Gasteiger partial charge in [-0.25, -0.2) is 21.9 Å². The van der Waals surface area contributed by atoms with Crippen LogP contribution in [0.2, 0.25) is 0 Å². The van der Waals surface area contributed by atoms with E-state index in [-0.39, 0.29) is 10.3 Å². The topological polar surface area (TPSA) is 64.0 Å². The average Bonchev–Trinajstić information content (AvgIpc) is 2.80. The Balaban J connectivity index is 2.00. The van der Waals surface area contributed by atoms with Crippen LogP contribution in [0.1, 0.15) is 39.5 Å². The summed E-state index contributed by atoms with van der Waals surface area (Å²) in [4.78, 5) is -0.0628. The number of alkyl halides is 2. The van der Waals surface area contributed by atoms with Crippen LogP contribution in [-0.4, -0.2) is 31.2 Å². The van der Waals surface area contributed by atoms with Crippen LogP contribution in [-0.2, 0) is 16.6 Å². The maximum atomic E-state index is 12.3. The molecule has 1 saturated carbocycles. The van der Waals surface area contributed by atoms with E-state index in [9.17, 15) is 17.2 Å². The summed E-state index contributed by atoms with van der Waals surface area (Å²) in [7, 11) is -3.70. The van der Waals surface area contributed by atoms with E-state index in [1.54, 1.807) is 0 Å². The number of nitrogens with one attached hydrogen (secondary N) is 1. The largest absolute Gasteiger partial charge is 0.266 e. The molecule has 126 valence electrons. The van der Waals surface area contributed by atoms with Gasteiger partial charge in [-0.05, 0) is 30.6 Å². The summed E-state index contributed by atoms with van der Waals surface area (Å²) in [5.74, 6) is 0.513. The van der Waals surface area contributed by atoms with Gasteiger partial charge in [0.15, 0.2) is 0 Å². The minimum Gasteiger partial charge on any atom is -0.266 e. The zero-order chi connectivity index (χ0) is 16.4. The molecule has 0 aromatic carbocycles.